The Balaban J connectivity index is 1.59. The SMILES string of the molecule is CN(Cc1ccnn1C)C(=O)c1ccc(COc2ccc(F)cc2)o1. The molecule has 0 aliphatic carbocycles. The molecule has 2 heterocycles. The van der Waals surface area contributed by atoms with Gasteiger partial charge >= 0.3 is 0 Å². The van der Waals surface area contributed by atoms with Crippen molar-refractivity contribution in [3.05, 3.63) is 71.7 Å². The number of ether oxygens (including phenoxy) is 1. The minimum absolute atomic E-state index is 0.157. The van der Waals surface area contributed by atoms with Gasteiger partial charge in [0.2, 0.25) is 0 Å². The summed E-state index contributed by atoms with van der Waals surface area (Å²) in [6.07, 6.45) is 1.69. The minimum atomic E-state index is -0.324. The van der Waals surface area contributed by atoms with Crippen molar-refractivity contribution in [3.8, 4) is 5.75 Å². The molecule has 130 valence electrons. The first kappa shape index (κ1) is 16.8. The first-order valence-electron chi connectivity index (χ1n) is 7.72. The van der Waals surface area contributed by atoms with Crippen LogP contribution in [0.25, 0.3) is 0 Å². The number of benzene rings is 1. The highest BCUT2D eigenvalue weighted by molar-refractivity contribution is 5.91. The molecule has 2 aromatic heterocycles. The minimum Gasteiger partial charge on any atom is -0.486 e. The second kappa shape index (κ2) is 7.21. The monoisotopic (exact) mass is 343 g/mol. The Morgan fingerprint density at radius 2 is 2.00 bits per heavy atom. The van der Waals surface area contributed by atoms with Crippen LogP contribution < -0.4 is 4.74 Å². The van der Waals surface area contributed by atoms with Crippen LogP contribution in [0.5, 0.6) is 5.75 Å². The second-order valence-electron chi connectivity index (χ2n) is 5.62. The van der Waals surface area contributed by atoms with Crippen molar-refractivity contribution in [3.63, 3.8) is 0 Å². The Morgan fingerprint density at radius 3 is 2.68 bits per heavy atom. The van der Waals surface area contributed by atoms with Gasteiger partial charge in [-0.05, 0) is 42.5 Å². The third-order valence-corrected chi connectivity index (χ3v) is 3.74. The molecule has 6 nitrogen and oxygen atoms in total. The number of rotatable bonds is 6. The van der Waals surface area contributed by atoms with Gasteiger partial charge in [-0.1, -0.05) is 0 Å². The number of carbonyl (C=O) groups excluding carboxylic acids is 1. The van der Waals surface area contributed by atoms with Gasteiger partial charge in [0.05, 0.1) is 12.2 Å². The molecule has 0 fully saturated rings. The molecular weight excluding hydrogens is 325 g/mol. The molecule has 0 aliphatic heterocycles. The fraction of sp³-hybridized carbons (Fsp3) is 0.222. The largest absolute Gasteiger partial charge is 0.486 e. The number of aryl methyl sites for hydroxylation is 1. The van der Waals surface area contributed by atoms with Crippen LogP contribution in [0.3, 0.4) is 0 Å². The highest BCUT2D eigenvalue weighted by Crippen LogP contribution is 2.16. The van der Waals surface area contributed by atoms with E-state index in [0.717, 1.165) is 5.69 Å². The van der Waals surface area contributed by atoms with Gasteiger partial charge in [-0.3, -0.25) is 9.48 Å². The molecule has 0 radical (unpaired) electrons. The lowest BCUT2D eigenvalue weighted by atomic mass is 10.3. The predicted octanol–water partition coefficient (Wildman–Crippen LogP) is 3.00. The molecule has 3 aromatic rings. The first-order valence-corrected chi connectivity index (χ1v) is 7.72. The van der Waals surface area contributed by atoms with E-state index in [1.54, 1.807) is 35.0 Å². The van der Waals surface area contributed by atoms with Gasteiger partial charge in [-0.15, -0.1) is 0 Å². The molecule has 0 aliphatic rings. The molecule has 3 rings (SSSR count). The third-order valence-electron chi connectivity index (χ3n) is 3.74. The maximum Gasteiger partial charge on any atom is 0.289 e. The number of amides is 1. The van der Waals surface area contributed by atoms with Crippen LogP contribution in [0.1, 0.15) is 22.0 Å². The lowest BCUT2D eigenvalue weighted by Gasteiger charge is -2.15. The number of furan rings is 1. The average Bonchev–Trinajstić information content (AvgIpc) is 3.23. The van der Waals surface area contributed by atoms with E-state index in [0.29, 0.717) is 18.1 Å². The van der Waals surface area contributed by atoms with Gasteiger partial charge in [0.1, 0.15) is 23.9 Å². The molecular formula is C18H18FN3O3. The Labute approximate surface area is 144 Å². The van der Waals surface area contributed by atoms with E-state index in [2.05, 4.69) is 5.10 Å². The van der Waals surface area contributed by atoms with Crippen molar-refractivity contribution in [1.82, 2.24) is 14.7 Å². The van der Waals surface area contributed by atoms with Gasteiger partial charge in [-0.25, -0.2) is 4.39 Å². The van der Waals surface area contributed by atoms with E-state index in [-0.39, 0.29) is 24.1 Å². The van der Waals surface area contributed by atoms with Crippen molar-refractivity contribution in [2.24, 2.45) is 7.05 Å². The zero-order valence-corrected chi connectivity index (χ0v) is 14.0. The third kappa shape index (κ3) is 4.06. The van der Waals surface area contributed by atoms with Gasteiger partial charge < -0.3 is 14.1 Å². The zero-order valence-electron chi connectivity index (χ0n) is 14.0. The lowest BCUT2D eigenvalue weighted by Crippen LogP contribution is -2.26. The fourth-order valence-electron chi connectivity index (χ4n) is 2.32. The second-order valence-corrected chi connectivity index (χ2v) is 5.62. The maximum absolute atomic E-state index is 12.9. The van der Waals surface area contributed by atoms with E-state index in [4.69, 9.17) is 9.15 Å². The van der Waals surface area contributed by atoms with Crippen LogP contribution in [-0.2, 0) is 20.2 Å². The molecule has 0 atom stereocenters. The van der Waals surface area contributed by atoms with Crippen LogP contribution in [0, 0.1) is 5.82 Å². The highest BCUT2D eigenvalue weighted by Gasteiger charge is 2.17. The van der Waals surface area contributed by atoms with Crippen molar-refractivity contribution >= 4 is 5.91 Å². The van der Waals surface area contributed by atoms with Crippen LogP contribution in [0.4, 0.5) is 4.39 Å². The van der Waals surface area contributed by atoms with Crippen LogP contribution >= 0.6 is 0 Å². The Morgan fingerprint density at radius 1 is 1.24 bits per heavy atom. The molecule has 0 saturated heterocycles. The van der Waals surface area contributed by atoms with Crippen molar-refractivity contribution in [2.45, 2.75) is 13.2 Å². The summed E-state index contributed by atoms with van der Waals surface area (Å²) in [4.78, 5) is 14.0. The normalized spacial score (nSPS) is 10.7. The molecule has 7 heteroatoms. The standard InChI is InChI=1S/C18H18FN3O3/c1-21(11-14-9-10-20-22(14)2)18(23)17-8-7-16(25-17)12-24-15-5-3-13(19)4-6-15/h3-10H,11-12H2,1-2H3. The summed E-state index contributed by atoms with van der Waals surface area (Å²) in [5.74, 6) is 0.729. The number of carbonyl (C=O) groups is 1. The first-order chi connectivity index (χ1) is 12.0. The van der Waals surface area contributed by atoms with Crippen molar-refractivity contribution in [1.29, 1.82) is 0 Å². The molecule has 0 spiro atoms. The van der Waals surface area contributed by atoms with E-state index in [9.17, 15) is 9.18 Å². The topological polar surface area (TPSA) is 60.5 Å². The zero-order chi connectivity index (χ0) is 17.8. The molecule has 0 saturated carbocycles. The summed E-state index contributed by atoms with van der Waals surface area (Å²) in [5.41, 5.74) is 0.919. The number of halogens is 1. The molecule has 0 unspecified atom stereocenters. The molecule has 1 amide bonds. The summed E-state index contributed by atoms with van der Waals surface area (Å²) in [6, 6.07) is 10.9. The van der Waals surface area contributed by atoms with Crippen LogP contribution in [0.2, 0.25) is 0 Å². The summed E-state index contributed by atoms with van der Waals surface area (Å²) < 4.78 is 25.6. The summed E-state index contributed by atoms with van der Waals surface area (Å²) in [6.45, 7) is 0.585. The number of nitrogens with zero attached hydrogens (tertiary/aromatic N) is 3. The molecule has 1 aromatic carbocycles. The van der Waals surface area contributed by atoms with E-state index < -0.39 is 0 Å². The summed E-state index contributed by atoms with van der Waals surface area (Å²) in [5, 5.41) is 4.08. The Hall–Kier alpha value is -3.09. The predicted molar refractivity (Wildman–Crippen MR) is 88.4 cm³/mol. The van der Waals surface area contributed by atoms with Gasteiger partial charge in [-0.2, -0.15) is 5.10 Å². The molecule has 25 heavy (non-hydrogen) atoms. The number of hydrogen-bond donors (Lipinski definition) is 0. The maximum atomic E-state index is 12.9. The average molecular weight is 343 g/mol. The quantitative estimate of drug-likeness (QED) is 0.690. The fourth-order valence-corrected chi connectivity index (χ4v) is 2.32. The van der Waals surface area contributed by atoms with Gasteiger partial charge in [0, 0.05) is 20.3 Å². The van der Waals surface area contributed by atoms with E-state index in [1.165, 1.54) is 24.3 Å². The molecule has 0 bridgehead atoms. The highest BCUT2D eigenvalue weighted by atomic mass is 19.1. The van der Waals surface area contributed by atoms with Crippen molar-refractivity contribution < 1.29 is 18.3 Å². The summed E-state index contributed by atoms with van der Waals surface area (Å²) in [7, 11) is 3.53. The Kier molecular flexibility index (Phi) is 4.83. The Bertz CT molecular complexity index is 855. The van der Waals surface area contributed by atoms with E-state index in [1.807, 2.05) is 13.1 Å². The van der Waals surface area contributed by atoms with E-state index >= 15 is 0 Å². The van der Waals surface area contributed by atoms with Crippen molar-refractivity contribution in [2.75, 3.05) is 7.05 Å². The number of aromatic nitrogens is 2. The molecule has 0 N–H and O–H groups in total. The lowest BCUT2D eigenvalue weighted by molar-refractivity contribution is 0.0746. The van der Waals surface area contributed by atoms with Gasteiger partial charge in [0.15, 0.2) is 5.76 Å². The summed E-state index contributed by atoms with van der Waals surface area (Å²) >= 11 is 0. The van der Waals surface area contributed by atoms with Gasteiger partial charge in [0.25, 0.3) is 5.91 Å². The van der Waals surface area contributed by atoms with Crippen LogP contribution in [0.15, 0.2) is 53.1 Å². The van der Waals surface area contributed by atoms with Crippen LogP contribution in [-0.4, -0.2) is 27.6 Å². The number of hydrogen-bond acceptors (Lipinski definition) is 4. The smallest absolute Gasteiger partial charge is 0.289 e.